The van der Waals surface area contributed by atoms with Crippen molar-refractivity contribution in [3.05, 3.63) is 90.0 Å². The van der Waals surface area contributed by atoms with Gasteiger partial charge in [0, 0.05) is 12.7 Å². The summed E-state index contributed by atoms with van der Waals surface area (Å²) in [7, 11) is 1.65. The molecule has 4 rings (SSSR count). The van der Waals surface area contributed by atoms with E-state index in [-0.39, 0.29) is 5.91 Å². The highest BCUT2D eigenvalue weighted by Gasteiger charge is 2.13. The van der Waals surface area contributed by atoms with E-state index < -0.39 is 0 Å². The number of pyridine rings is 1. The second kappa shape index (κ2) is 11.8. The minimum Gasteiger partial charge on any atom is -0.493 e. The molecule has 4 aromatic rings. The number of hydrogen-bond donors (Lipinski definition) is 1. The standard InChI is InChI=1S/C28H30N4O3/c1-3-10-21-14-15-25(26(19-21)34-2)35-18-9-8-17-32-24-13-5-4-11-22(24)31-27(32)20-30-28(33)23-12-6-7-16-29-23/h3-7,10-16,19H,8-9,17-18,20H2,1-2H3,(H,30,33)/b10-3+. The molecule has 2 aromatic heterocycles. The Labute approximate surface area is 205 Å². The number of hydrogen-bond acceptors (Lipinski definition) is 5. The first-order valence-electron chi connectivity index (χ1n) is 11.8. The van der Waals surface area contributed by atoms with Gasteiger partial charge in [0.2, 0.25) is 0 Å². The van der Waals surface area contributed by atoms with Crippen molar-refractivity contribution in [3.8, 4) is 11.5 Å². The topological polar surface area (TPSA) is 78.3 Å². The lowest BCUT2D eigenvalue weighted by Crippen LogP contribution is -2.25. The molecule has 0 aliphatic carbocycles. The smallest absolute Gasteiger partial charge is 0.270 e. The molecule has 35 heavy (non-hydrogen) atoms. The number of unbranched alkanes of at least 4 members (excludes halogenated alkanes) is 1. The zero-order chi connectivity index (χ0) is 24.5. The molecular formula is C28H30N4O3. The molecule has 0 bridgehead atoms. The Morgan fingerprint density at radius 2 is 1.91 bits per heavy atom. The summed E-state index contributed by atoms with van der Waals surface area (Å²) >= 11 is 0. The number of para-hydroxylation sites is 2. The number of nitrogens with one attached hydrogen (secondary N) is 1. The van der Waals surface area contributed by atoms with E-state index in [1.54, 1.807) is 31.5 Å². The Morgan fingerprint density at radius 3 is 2.71 bits per heavy atom. The average molecular weight is 471 g/mol. The summed E-state index contributed by atoms with van der Waals surface area (Å²) in [4.78, 5) is 21.3. The monoisotopic (exact) mass is 470 g/mol. The summed E-state index contributed by atoms with van der Waals surface area (Å²) in [5.74, 6) is 2.07. The third-order valence-electron chi connectivity index (χ3n) is 5.62. The molecule has 2 heterocycles. The lowest BCUT2D eigenvalue weighted by Gasteiger charge is -2.13. The van der Waals surface area contributed by atoms with E-state index in [0.29, 0.717) is 18.8 Å². The van der Waals surface area contributed by atoms with Crippen LogP contribution >= 0.6 is 0 Å². The molecule has 0 atom stereocenters. The van der Waals surface area contributed by atoms with Crippen LogP contribution in [0, 0.1) is 0 Å². The van der Waals surface area contributed by atoms with Gasteiger partial charge in [0.15, 0.2) is 11.5 Å². The van der Waals surface area contributed by atoms with Crippen LogP contribution in [0.2, 0.25) is 0 Å². The molecule has 7 heteroatoms. The summed E-state index contributed by atoms with van der Waals surface area (Å²) in [6, 6.07) is 19.2. The fraction of sp³-hybridized carbons (Fsp3) is 0.250. The number of fused-ring (bicyclic) bond motifs is 1. The van der Waals surface area contributed by atoms with Crippen LogP contribution < -0.4 is 14.8 Å². The Morgan fingerprint density at radius 1 is 1.06 bits per heavy atom. The lowest BCUT2D eigenvalue weighted by molar-refractivity contribution is 0.0944. The predicted molar refractivity (Wildman–Crippen MR) is 138 cm³/mol. The number of allylic oxidation sites excluding steroid dienone is 1. The van der Waals surface area contributed by atoms with Crippen LogP contribution in [-0.4, -0.2) is 34.2 Å². The van der Waals surface area contributed by atoms with Crippen LogP contribution in [0.15, 0.2) is 72.9 Å². The number of carbonyl (C=O) groups is 1. The summed E-state index contributed by atoms with van der Waals surface area (Å²) in [5, 5.41) is 2.94. The van der Waals surface area contributed by atoms with Crippen LogP contribution in [0.5, 0.6) is 11.5 Å². The second-order valence-corrected chi connectivity index (χ2v) is 8.03. The van der Waals surface area contributed by atoms with Crippen molar-refractivity contribution in [3.63, 3.8) is 0 Å². The number of benzene rings is 2. The van der Waals surface area contributed by atoms with E-state index >= 15 is 0 Å². The Hall–Kier alpha value is -4.13. The summed E-state index contributed by atoms with van der Waals surface area (Å²) in [6.07, 6.45) is 7.40. The van der Waals surface area contributed by atoms with Gasteiger partial charge in [-0.2, -0.15) is 0 Å². The van der Waals surface area contributed by atoms with Gasteiger partial charge in [-0.1, -0.05) is 36.4 Å². The molecule has 7 nitrogen and oxygen atoms in total. The van der Waals surface area contributed by atoms with E-state index in [2.05, 4.69) is 20.9 Å². The van der Waals surface area contributed by atoms with Crippen LogP contribution in [-0.2, 0) is 13.1 Å². The quantitative estimate of drug-likeness (QED) is 0.303. The molecule has 0 unspecified atom stereocenters. The van der Waals surface area contributed by atoms with Crippen molar-refractivity contribution in [2.24, 2.45) is 0 Å². The van der Waals surface area contributed by atoms with Crippen LogP contribution in [0.1, 0.15) is 41.6 Å². The Kier molecular flexibility index (Phi) is 8.12. The normalized spacial score (nSPS) is 11.1. The maximum absolute atomic E-state index is 12.4. The molecule has 0 aliphatic heterocycles. The summed E-state index contributed by atoms with van der Waals surface area (Å²) in [5.41, 5.74) is 3.43. The predicted octanol–water partition coefficient (Wildman–Crippen LogP) is 5.26. The number of amides is 1. The van der Waals surface area contributed by atoms with E-state index in [4.69, 9.17) is 14.5 Å². The molecule has 0 spiro atoms. The SMILES string of the molecule is C/C=C/c1ccc(OCCCCn2c(CNC(=O)c3ccccn3)nc3ccccc32)c(OC)c1. The van der Waals surface area contributed by atoms with Crippen molar-refractivity contribution >= 4 is 23.0 Å². The molecule has 1 N–H and O–H groups in total. The number of nitrogens with zero attached hydrogens (tertiary/aromatic N) is 3. The zero-order valence-corrected chi connectivity index (χ0v) is 20.1. The number of rotatable bonds is 11. The van der Waals surface area contributed by atoms with Crippen molar-refractivity contribution in [2.45, 2.75) is 32.9 Å². The first kappa shape index (κ1) is 24.0. The highest BCUT2D eigenvalue weighted by molar-refractivity contribution is 5.92. The summed E-state index contributed by atoms with van der Waals surface area (Å²) < 4.78 is 13.6. The van der Waals surface area contributed by atoms with Crippen molar-refractivity contribution < 1.29 is 14.3 Å². The van der Waals surface area contributed by atoms with Gasteiger partial charge in [0.25, 0.3) is 5.91 Å². The number of ether oxygens (including phenoxy) is 2. The average Bonchev–Trinajstić information content (AvgIpc) is 3.25. The molecular weight excluding hydrogens is 440 g/mol. The molecule has 0 aliphatic rings. The first-order chi connectivity index (χ1) is 17.2. The Balaban J connectivity index is 1.36. The summed E-state index contributed by atoms with van der Waals surface area (Å²) in [6.45, 7) is 3.67. The Bertz CT molecular complexity index is 1300. The molecule has 1 amide bonds. The maximum Gasteiger partial charge on any atom is 0.270 e. The number of aryl methyl sites for hydroxylation is 1. The number of imidazole rings is 1. The van der Waals surface area contributed by atoms with Gasteiger partial charge in [-0.05, 0) is 61.7 Å². The molecule has 0 radical (unpaired) electrons. The largest absolute Gasteiger partial charge is 0.493 e. The van der Waals surface area contributed by atoms with Crippen LogP contribution in [0.3, 0.4) is 0 Å². The van der Waals surface area contributed by atoms with E-state index in [1.807, 2.05) is 55.5 Å². The third kappa shape index (κ3) is 6.06. The highest BCUT2D eigenvalue weighted by atomic mass is 16.5. The van der Waals surface area contributed by atoms with Gasteiger partial charge in [-0.25, -0.2) is 4.98 Å². The fourth-order valence-corrected chi connectivity index (χ4v) is 3.91. The molecule has 0 saturated heterocycles. The number of methoxy groups -OCH3 is 1. The highest BCUT2D eigenvalue weighted by Crippen LogP contribution is 2.29. The van der Waals surface area contributed by atoms with Crippen LogP contribution in [0.4, 0.5) is 0 Å². The second-order valence-electron chi connectivity index (χ2n) is 8.03. The van der Waals surface area contributed by atoms with Gasteiger partial charge in [0.1, 0.15) is 11.5 Å². The van der Waals surface area contributed by atoms with Crippen molar-refractivity contribution in [1.29, 1.82) is 0 Å². The van der Waals surface area contributed by atoms with Crippen LogP contribution in [0.25, 0.3) is 17.1 Å². The van der Waals surface area contributed by atoms with Gasteiger partial charge >= 0.3 is 0 Å². The van der Waals surface area contributed by atoms with Gasteiger partial charge in [0.05, 0.1) is 31.3 Å². The van der Waals surface area contributed by atoms with E-state index in [0.717, 1.165) is 53.3 Å². The molecule has 2 aromatic carbocycles. The minimum atomic E-state index is -0.216. The molecule has 180 valence electrons. The maximum atomic E-state index is 12.4. The first-order valence-corrected chi connectivity index (χ1v) is 11.8. The molecule has 0 fully saturated rings. The number of aromatic nitrogens is 3. The molecule has 0 saturated carbocycles. The third-order valence-corrected chi connectivity index (χ3v) is 5.62. The fourth-order valence-electron chi connectivity index (χ4n) is 3.91. The lowest BCUT2D eigenvalue weighted by atomic mass is 10.2. The van der Waals surface area contributed by atoms with Gasteiger partial charge in [-0.15, -0.1) is 0 Å². The van der Waals surface area contributed by atoms with Crippen molar-refractivity contribution in [2.75, 3.05) is 13.7 Å². The van der Waals surface area contributed by atoms with E-state index in [9.17, 15) is 4.79 Å². The van der Waals surface area contributed by atoms with E-state index in [1.165, 1.54) is 0 Å². The minimum absolute atomic E-state index is 0.216. The van der Waals surface area contributed by atoms with Gasteiger partial charge < -0.3 is 19.4 Å². The van der Waals surface area contributed by atoms with Gasteiger partial charge in [-0.3, -0.25) is 9.78 Å². The number of carbonyl (C=O) groups excluding carboxylic acids is 1. The zero-order valence-electron chi connectivity index (χ0n) is 20.1. The van der Waals surface area contributed by atoms with Crippen molar-refractivity contribution in [1.82, 2.24) is 19.9 Å².